The van der Waals surface area contributed by atoms with Crippen LogP contribution in [0.4, 0.5) is 0 Å². The molecule has 0 saturated carbocycles. The minimum absolute atomic E-state index is 0.0181. The number of rotatable bonds is 5. The van der Waals surface area contributed by atoms with E-state index in [4.69, 9.17) is 0 Å². The Morgan fingerprint density at radius 1 is 1.23 bits per heavy atom. The van der Waals surface area contributed by atoms with E-state index in [1.807, 2.05) is 26.0 Å². The van der Waals surface area contributed by atoms with Gasteiger partial charge in [-0.15, -0.1) is 0 Å². The fourth-order valence-corrected chi connectivity index (χ4v) is 3.99. The summed E-state index contributed by atoms with van der Waals surface area (Å²) in [6.45, 7) is 4.14. The van der Waals surface area contributed by atoms with E-state index in [1.165, 1.54) is 6.07 Å². The molecule has 0 atom stereocenters. The summed E-state index contributed by atoms with van der Waals surface area (Å²) in [5.74, 6) is 0.0268. The van der Waals surface area contributed by atoms with Gasteiger partial charge >= 0.3 is 0 Å². The Hall–Kier alpha value is -2.74. The highest BCUT2D eigenvalue weighted by molar-refractivity contribution is 7.90. The molecule has 136 valence electrons. The fourth-order valence-electron chi connectivity index (χ4n) is 2.74. The summed E-state index contributed by atoms with van der Waals surface area (Å²) in [6, 6.07) is 10.3. The highest BCUT2D eigenvalue weighted by atomic mass is 32.2. The van der Waals surface area contributed by atoms with Crippen molar-refractivity contribution in [2.45, 2.75) is 31.3 Å². The van der Waals surface area contributed by atoms with Gasteiger partial charge in [0.15, 0.2) is 0 Å². The molecule has 1 aromatic heterocycles. The van der Waals surface area contributed by atoms with Gasteiger partial charge in [0, 0.05) is 30.5 Å². The maximum absolute atomic E-state index is 12.6. The molecule has 26 heavy (non-hydrogen) atoms. The van der Waals surface area contributed by atoms with Gasteiger partial charge in [0.25, 0.3) is 10.0 Å². The van der Waals surface area contributed by atoms with Crippen LogP contribution in [0.1, 0.15) is 25.0 Å². The lowest BCUT2D eigenvalue weighted by Gasteiger charge is -2.26. The van der Waals surface area contributed by atoms with E-state index >= 15 is 0 Å². The Kier molecular flexibility index (Phi) is 5.03. The predicted octanol–water partition coefficient (Wildman–Crippen LogP) is 1.56. The van der Waals surface area contributed by atoms with E-state index in [0.717, 1.165) is 5.56 Å². The number of carbonyl (C=O) groups excluding carboxylic acids is 1. The van der Waals surface area contributed by atoms with E-state index < -0.39 is 10.0 Å². The van der Waals surface area contributed by atoms with Crippen LogP contribution in [0.5, 0.6) is 0 Å². The van der Waals surface area contributed by atoms with Gasteiger partial charge in [0.05, 0.1) is 4.90 Å². The van der Waals surface area contributed by atoms with Crippen molar-refractivity contribution in [3.05, 3.63) is 59.9 Å². The van der Waals surface area contributed by atoms with Gasteiger partial charge in [-0.1, -0.05) is 18.2 Å². The van der Waals surface area contributed by atoms with E-state index in [1.54, 1.807) is 35.5 Å². The van der Waals surface area contributed by atoms with Crippen molar-refractivity contribution in [1.82, 2.24) is 14.6 Å². The molecule has 1 aromatic carbocycles. The molecule has 1 amide bonds. The first-order chi connectivity index (χ1) is 12.4. The number of aromatic nitrogens is 1. The lowest BCUT2D eigenvalue weighted by molar-refractivity contribution is -0.131. The number of aliphatic imine (C=N–C) groups is 1. The summed E-state index contributed by atoms with van der Waals surface area (Å²) in [5.41, 5.74) is 1.41. The molecule has 0 radical (unpaired) electrons. The van der Waals surface area contributed by atoms with Crippen molar-refractivity contribution in [1.29, 1.82) is 0 Å². The third kappa shape index (κ3) is 3.75. The van der Waals surface area contributed by atoms with E-state index in [0.29, 0.717) is 12.1 Å². The Labute approximate surface area is 152 Å². The molecular weight excluding hydrogens is 352 g/mol. The number of amidine groups is 1. The van der Waals surface area contributed by atoms with Crippen LogP contribution in [0.15, 0.2) is 58.7 Å². The number of hydrogen-bond donors (Lipinski definition) is 1. The minimum atomic E-state index is -3.60. The van der Waals surface area contributed by atoms with Crippen molar-refractivity contribution in [2.75, 3.05) is 6.54 Å². The van der Waals surface area contributed by atoms with Crippen LogP contribution < -0.4 is 4.72 Å². The van der Waals surface area contributed by atoms with E-state index in [9.17, 15) is 13.2 Å². The molecule has 1 N–H and O–H groups in total. The smallest absolute Gasteiger partial charge is 0.263 e. The zero-order valence-corrected chi connectivity index (χ0v) is 15.4. The number of pyridine rings is 1. The highest BCUT2D eigenvalue weighted by Gasteiger charge is 2.30. The molecule has 0 saturated heterocycles. The standard InChI is InChI=1S/C18H20N4O3S/c1-13(2)22(12-14-6-5-9-19-10-14)17(23)11-20-18-15-7-3-4-8-16(15)26(24,25)21-18/h3-10,13H,11-12H2,1-2H3,(H,20,21). The van der Waals surface area contributed by atoms with Gasteiger partial charge in [-0.25, -0.2) is 8.42 Å². The number of carbonyl (C=O) groups is 1. The van der Waals surface area contributed by atoms with Crippen LogP contribution in [0, 0.1) is 0 Å². The zero-order chi connectivity index (χ0) is 18.7. The van der Waals surface area contributed by atoms with Gasteiger partial charge in [0.2, 0.25) is 5.91 Å². The van der Waals surface area contributed by atoms with Crippen LogP contribution in [0.3, 0.4) is 0 Å². The largest absolute Gasteiger partial charge is 0.334 e. The summed E-state index contributed by atoms with van der Waals surface area (Å²) in [7, 11) is -3.60. The normalized spacial score (nSPS) is 16.3. The van der Waals surface area contributed by atoms with Crippen molar-refractivity contribution in [3.8, 4) is 0 Å². The first kappa shape index (κ1) is 18.1. The number of hydrogen-bond acceptors (Lipinski definition) is 5. The first-order valence-corrected chi connectivity index (χ1v) is 9.72. The molecule has 7 nitrogen and oxygen atoms in total. The second-order valence-electron chi connectivity index (χ2n) is 6.24. The number of sulfonamides is 1. The van der Waals surface area contributed by atoms with Crippen LogP contribution in [0.25, 0.3) is 0 Å². The minimum Gasteiger partial charge on any atom is -0.334 e. The number of fused-ring (bicyclic) bond motifs is 1. The lowest BCUT2D eigenvalue weighted by atomic mass is 10.2. The zero-order valence-electron chi connectivity index (χ0n) is 14.6. The monoisotopic (exact) mass is 372 g/mol. The molecule has 0 fully saturated rings. The molecule has 0 aliphatic carbocycles. The SMILES string of the molecule is CC(C)N(Cc1cccnc1)C(=O)CN=C1NS(=O)(=O)c2ccccc21. The van der Waals surface area contributed by atoms with Gasteiger partial charge in [-0.05, 0) is 37.6 Å². The summed E-state index contributed by atoms with van der Waals surface area (Å²) in [6.07, 6.45) is 3.40. The second kappa shape index (κ2) is 7.25. The maximum atomic E-state index is 12.6. The predicted molar refractivity (Wildman–Crippen MR) is 98.1 cm³/mol. The molecule has 0 bridgehead atoms. The van der Waals surface area contributed by atoms with Gasteiger partial charge in [-0.2, -0.15) is 0 Å². The summed E-state index contributed by atoms with van der Waals surface area (Å²) in [5, 5.41) is 0. The number of amides is 1. The number of nitrogens with zero attached hydrogens (tertiary/aromatic N) is 3. The number of nitrogens with one attached hydrogen (secondary N) is 1. The maximum Gasteiger partial charge on any atom is 0.263 e. The quantitative estimate of drug-likeness (QED) is 0.862. The Morgan fingerprint density at radius 2 is 2.00 bits per heavy atom. The Morgan fingerprint density at radius 3 is 2.69 bits per heavy atom. The molecular formula is C18H20N4O3S. The van der Waals surface area contributed by atoms with Crippen LogP contribution in [-0.2, 0) is 21.4 Å². The van der Waals surface area contributed by atoms with E-state index in [2.05, 4.69) is 14.7 Å². The van der Waals surface area contributed by atoms with Crippen molar-refractivity contribution >= 4 is 21.8 Å². The molecule has 8 heteroatoms. The topological polar surface area (TPSA) is 91.7 Å². The van der Waals surface area contributed by atoms with Crippen molar-refractivity contribution in [2.24, 2.45) is 4.99 Å². The summed E-state index contributed by atoms with van der Waals surface area (Å²) >= 11 is 0. The molecule has 0 spiro atoms. The van der Waals surface area contributed by atoms with Gasteiger partial charge < -0.3 is 4.90 Å². The lowest BCUT2D eigenvalue weighted by Crippen LogP contribution is -2.38. The first-order valence-electron chi connectivity index (χ1n) is 8.23. The average Bonchev–Trinajstić information content (AvgIpc) is 2.89. The Bertz CT molecular complexity index is 940. The summed E-state index contributed by atoms with van der Waals surface area (Å²) < 4.78 is 26.6. The fraction of sp³-hybridized carbons (Fsp3) is 0.278. The number of benzene rings is 1. The third-order valence-corrected chi connectivity index (χ3v) is 5.45. The third-order valence-electron chi connectivity index (χ3n) is 4.05. The molecule has 2 aromatic rings. The van der Waals surface area contributed by atoms with Gasteiger partial charge in [-0.3, -0.25) is 19.5 Å². The van der Waals surface area contributed by atoms with E-state index in [-0.39, 0.29) is 29.2 Å². The molecule has 0 unspecified atom stereocenters. The molecule has 1 aliphatic rings. The molecule has 3 rings (SSSR count). The van der Waals surface area contributed by atoms with Crippen LogP contribution >= 0.6 is 0 Å². The van der Waals surface area contributed by atoms with Crippen molar-refractivity contribution < 1.29 is 13.2 Å². The molecule has 2 heterocycles. The van der Waals surface area contributed by atoms with Crippen molar-refractivity contribution in [3.63, 3.8) is 0 Å². The average molecular weight is 372 g/mol. The summed E-state index contributed by atoms with van der Waals surface area (Å²) in [4.78, 5) is 22.8. The van der Waals surface area contributed by atoms with Gasteiger partial charge in [0.1, 0.15) is 12.4 Å². The highest BCUT2D eigenvalue weighted by Crippen LogP contribution is 2.22. The molecule has 1 aliphatic heterocycles. The Balaban J connectivity index is 1.78. The van der Waals surface area contributed by atoms with Crippen LogP contribution in [0.2, 0.25) is 0 Å². The second-order valence-corrected chi connectivity index (χ2v) is 7.89. The van der Waals surface area contributed by atoms with Crippen LogP contribution in [-0.4, -0.2) is 42.6 Å².